The number of nitrogens with one attached hydrogen (secondary N) is 2. The van der Waals surface area contributed by atoms with Gasteiger partial charge in [0.1, 0.15) is 11.5 Å². The Hall–Kier alpha value is -2.33. The van der Waals surface area contributed by atoms with Crippen LogP contribution in [0.2, 0.25) is 0 Å². The number of aryl methyl sites for hydroxylation is 1. The van der Waals surface area contributed by atoms with Crippen molar-refractivity contribution in [1.29, 1.82) is 0 Å². The van der Waals surface area contributed by atoms with Crippen molar-refractivity contribution in [1.82, 2.24) is 10.6 Å². The van der Waals surface area contributed by atoms with Crippen molar-refractivity contribution >= 4 is 5.91 Å². The Kier molecular flexibility index (Phi) is 4.93. The van der Waals surface area contributed by atoms with E-state index in [-0.39, 0.29) is 11.8 Å². The van der Waals surface area contributed by atoms with Gasteiger partial charge in [-0.1, -0.05) is 30.3 Å². The molecule has 23 heavy (non-hydrogen) atoms. The second-order valence-electron chi connectivity index (χ2n) is 5.93. The maximum absolute atomic E-state index is 12.1. The average Bonchev–Trinajstić information content (AvgIpc) is 3.08. The summed E-state index contributed by atoms with van der Waals surface area (Å²) in [5.74, 6) is 1.78. The van der Waals surface area contributed by atoms with E-state index in [1.807, 2.05) is 55.5 Å². The molecule has 120 valence electrons. The molecule has 4 nitrogen and oxygen atoms in total. The molecule has 1 heterocycles. The largest absolute Gasteiger partial charge is 0.457 e. The fourth-order valence-electron chi connectivity index (χ4n) is 2.76. The first-order valence-electron chi connectivity index (χ1n) is 8.03. The van der Waals surface area contributed by atoms with E-state index < -0.39 is 0 Å². The van der Waals surface area contributed by atoms with Gasteiger partial charge in [0.2, 0.25) is 5.91 Å². The molecule has 0 saturated carbocycles. The van der Waals surface area contributed by atoms with Crippen LogP contribution in [0.5, 0.6) is 11.5 Å². The Bertz CT molecular complexity index is 679. The lowest BCUT2D eigenvalue weighted by Crippen LogP contribution is -2.31. The Balaban J connectivity index is 1.66. The summed E-state index contributed by atoms with van der Waals surface area (Å²) < 4.78 is 5.98. The quantitative estimate of drug-likeness (QED) is 0.892. The maximum Gasteiger partial charge on any atom is 0.224 e. The van der Waals surface area contributed by atoms with E-state index in [1.165, 1.54) is 0 Å². The molecule has 0 aromatic heterocycles. The first kappa shape index (κ1) is 15.6. The van der Waals surface area contributed by atoms with Crippen molar-refractivity contribution in [2.75, 3.05) is 13.1 Å². The monoisotopic (exact) mass is 310 g/mol. The normalized spacial score (nSPS) is 17.0. The molecular weight excluding hydrogens is 288 g/mol. The number of ether oxygens (including phenoxy) is 1. The van der Waals surface area contributed by atoms with Gasteiger partial charge in [0, 0.05) is 18.7 Å². The molecule has 1 aliphatic rings. The number of amides is 1. The summed E-state index contributed by atoms with van der Waals surface area (Å²) in [6.45, 7) is 4.21. The van der Waals surface area contributed by atoms with Crippen LogP contribution >= 0.6 is 0 Å². The average molecular weight is 310 g/mol. The fraction of sp³-hybridized carbons (Fsp3) is 0.316. The van der Waals surface area contributed by atoms with E-state index in [2.05, 4.69) is 10.6 Å². The number of hydrogen-bond acceptors (Lipinski definition) is 3. The highest BCUT2D eigenvalue weighted by Gasteiger charge is 2.22. The van der Waals surface area contributed by atoms with E-state index >= 15 is 0 Å². The second-order valence-corrected chi connectivity index (χ2v) is 5.93. The van der Waals surface area contributed by atoms with E-state index in [0.717, 1.165) is 42.1 Å². The number of carbonyl (C=O) groups is 1. The standard InChI is InChI=1S/C19H22N2O2/c1-14-5-4-7-17(11-14)23-18-8-3-2-6-15(18)13-21-19(22)16-9-10-20-12-16/h2-8,11,16,20H,9-10,12-13H2,1H3,(H,21,22). The number of para-hydroxylation sites is 1. The minimum Gasteiger partial charge on any atom is -0.457 e. The van der Waals surface area contributed by atoms with Crippen LogP contribution in [0.4, 0.5) is 0 Å². The van der Waals surface area contributed by atoms with E-state index in [1.54, 1.807) is 0 Å². The minimum absolute atomic E-state index is 0.0832. The van der Waals surface area contributed by atoms with Gasteiger partial charge in [-0.3, -0.25) is 4.79 Å². The molecule has 1 amide bonds. The summed E-state index contributed by atoms with van der Waals surface area (Å²) in [4.78, 5) is 12.1. The van der Waals surface area contributed by atoms with E-state index in [0.29, 0.717) is 6.54 Å². The molecule has 1 unspecified atom stereocenters. The van der Waals surface area contributed by atoms with Crippen LogP contribution in [0.15, 0.2) is 48.5 Å². The summed E-state index contributed by atoms with van der Waals surface area (Å²) in [6, 6.07) is 15.8. The number of benzene rings is 2. The third-order valence-electron chi connectivity index (χ3n) is 4.07. The summed E-state index contributed by atoms with van der Waals surface area (Å²) in [7, 11) is 0. The predicted octanol–water partition coefficient (Wildman–Crippen LogP) is 3.01. The molecule has 2 aromatic carbocycles. The van der Waals surface area contributed by atoms with Crippen LogP contribution in [-0.2, 0) is 11.3 Å². The molecule has 1 atom stereocenters. The first-order valence-corrected chi connectivity index (χ1v) is 8.03. The zero-order chi connectivity index (χ0) is 16.1. The first-order chi connectivity index (χ1) is 11.2. The van der Waals surface area contributed by atoms with Crippen molar-refractivity contribution in [2.45, 2.75) is 19.9 Å². The molecule has 0 radical (unpaired) electrons. The van der Waals surface area contributed by atoms with E-state index in [9.17, 15) is 4.79 Å². The number of rotatable bonds is 5. The molecule has 1 saturated heterocycles. The van der Waals surface area contributed by atoms with Gasteiger partial charge in [0.05, 0.1) is 5.92 Å². The predicted molar refractivity (Wildman–Crippen MR) is 90.5 cm³/mol. The molecule has 2 aromatic rings. The Morgan fingerprint density at radius 2 is 2.13 bits per heavy atom. The van der Waals surface area contributed by atoms with Crippen molar-refractivity contribution in [3.8, 4) is 11.5 Å². The lowest BCUT2D eigenvalue weighted by atomic mass is 10.1. The topological polar surface area (TPSA) is 50.4 Å². The highest BCUT2D eigenvalue weighted by atomic mass is 16.5. The molecule has 4 heteroatoms. The van der Waals surface area contributed by atoms with Gasteiger partial charge in [-0.05, 0) is 43.7 Å². The minimum atomic E-state index is 0.0832. The second kappa shape index (κ2) is 7.29. The fourth-order valence-corrected chi connectivity index (χ4v) is 2.76. The third-order valence-corrected chi connectivity index (χ3v) is 4.07. The Morgan fingerprint density at radius 1 is 1.26 bits per heavy atom. The SMILES string of the molecule is Cc1cccc(Oc2ccccc2CNC(=O)C2CCNC2)c1. The van der Waals surface area contributed by atoms with Crippen LogP contribution < -0.4 is 15.4 Å². The van der Waals surface area contributed by atoms with Crippen LogP contribution in [0, 0.1) is 12.8 Å². The molecule has 1 aliphatic heterocycles. The highest BCUT2D eigenvalue weighted by molar-refractivity contribution is 5.79. The zero-order valence-corrected chi connectivity index (χ0v) is 13.3. The maximum atomic E-state index is 12.1. The van der Waals surface area contributed by atoms with Gasteiger partial charge in [0.25, 0.3) is 0 Å². The highest BCUT2D eigenvalue weighted by Crippen LogP contribution is 2.25. The Morgan fingerprint density at radius 3 is 2.91 bits per heavy atom. The van der Waals surface area contributed by atoms with Gasteiger partial charge >= 0.3 is 0 Å². The van der Waals surface area contributed by atoms with Gasteiger partial charge in [-0.2, -0.15) is 0 Å². The molecular formula is C19H22N2O2. The third kappa shape index (κ3) is 4.11. The summed E-state index contributed by atoms with van der Waals surface area (Å²) >= 11 is 0. The van der Waals surface area contributed by atoms with Crippen molar-refractivity contribution < 1.29 is 9.53 Å². The van der Waals surface area contributed by atoms with Crippen LogP contribution in [0.1, 0.15) is 17.5 Å². The van der Waals surface area contributed by atoms with Crippen molar-refractivity contribution in [2.24, 2.45) is 5.92 Å². The van der Waals surface area contributed by atoms with Crippen LogP contribution in [0.3, 0.4) is 0 Å². The summed E-state index contributed by atoms with van der Waals surface area (Å²) in [5.41, 5.74) is 2.13. The lowest BCUT2D eigenvalue weighted by molar-refractivity contribution is -0.124. The summed E-state index contributed by atoms with van der Waals surface area (Å²) in [6.07, 6.45) is 0.910. The lowest BCUT2D eigenvalue weighted by Gasteiger charge is -2.14. The Labute approximate surface area is 136 Å². The van der Waals surface area contributed by atoms with Gasteiger partial charge in [0.15, 0.2) is 0 Å². The molecule has 2 N–H and O–H groups in total. The van der Waals surface area contributed by atoms with Gasteiger partial charge in [-0.25, -0.2) is 0 Å². The van der Waals surface area contributed by atoms with Gasteiger partial charge in [-0.15, -0.1) is 0 Å². The molecule has 3 rings (SSSR count). The molecule has 1 fully saturated rings. The number of carbonyl (C=O) groups excluding carboxylic acids is 1. The van der Waals surface area contributed by atoms with E-state index in [4.69, 9.17) is 4.74 Å². The molecule has 0 bridgehead atoms. The zero-order valence-electron chi connectivity index (χ0n) is 13.3. The smallest absolute Gasteiger partial charge is 0.224 e. The van der Waals surface area contributed by atoms with Crippen molar-refractivity contribution in [3.05, 3.63) is 59.7 Å². The van der Waals surface area contributed by atoms with Crippen LogP contribution in [0.25, 0.3) is 0 Å². The molecule has 0 aliphatic carbocycles. The van der Waals surface area contributed by atoms with Gasteiger partial charge < -0.3 is 15.4 Å². The number of hydrogen-bond donors (Lipinski definition) is 2. The van der Waals surface area contributed by atoms with Crippen molar-refractivity contribution in [3.63, 3.8) is 0 Å². The molecule has 0 spiro atoms. The summed E-state index contributed by atoms with van der Waals surface area (Å²) in [5, 5.41) is 6.23. The van der Waals surface area contributed by atoms with Crippen LogP contribution in [-0.4, -0.2) is 19.0 Å².